The fourth-order valence-electron chi connectivity index (χ4n) is 2.07. The van der Waals surface area contributed by atoms with Crippen LogP contribution in [0.15, 0.2) is 48.5 Å². The SMILES string of the molecule is N#CCCCOc1cccc(CNCc2ccccc2F)c1. The van der Waals surface area contributed by atoms with E-state index in [2.05, 4.69) is 11.4 Å². The number of nitriles is 1. The number of hydrogen-bond donors (Lipinski definition) is 1. The van der Waals surface area contributed by atoms with Crippen molar-refractivity contribution in [3.63, 3.8) is 0 Å². The second-order valence-corrected chi connectivity index (χ2v) is 4.95. The van der Waals surface area contributed by atoms with Crippen molar-refractivity contribution >= 4 is 0 Å². The van der Waals surface area contributed by atoms with Gasteiger partial charge in [0, 0.05) is 25.1 Å². The molecule has 0 fully saturated rings. The minimum Gasteiger partial charge on any atom is -0.494 e. The highest BCUT2D eigenvalue weighted by molar-refractivity contribution is 5.28. The number of ether oxygens (including phenoxy) is 1. The van der Waals surface area contributed by atoms with Crippen LogP contribution in [0.5, 0.6) is 5.75 Å². The molecule has 114 valence electrons. The van der Waals surface area contributed by atoms with Gasteiger partial charge >= 0.3 is 0 Å². The maximum Gasteiger partial charge on any atom is 0.127 e. The first kappa shape index (κ1) is 16.0. The molecule has 4 heteroatoms. The van der Waals surface area contributed by atoms with Crippen LogP contribution >= 0.6 is 0 Å². The van der Waals surface area contributed by atoms with Crippen LogP contribution in [-0.4, -0.2) is 6.61 Å². The Morgan fingerprint density at radius 2 is 1.95 bits per heavy atom. The number of rotatable bonds is 8. The van der Waals surface area contributed by atoms with Crippen molar-refractivity contribution in [3.8, 4) is 11.8 Å². The lowest BCUT2D eigenvalue weighted by atomic mass is 10.2. The molecular weight excluding hydrogens is 279 g/mol. The first-order valence-corrected chi connectivity index (χ1v) is 7.32. The second-order valence-electron chi connectivity index (χ2n) is 4.95. The van der Waals surface area contributed by atoms with E-state index in [9.17, 15) is 4.39 Å². The van der Waals surface area contributed by atoms with Gasteiger partial charge in [-0.15, -0.1) is 0 Å². The van der Waals surface area contributed by atoms with E-state index in [0.717, 1.165) is 17.7 Å². The zero-order valence-electron chi connectivity index (χ0n) is 12.4. The molecule has 0 aliphatic rings. The zero-order chi connectivity index (χ0) is 15.6. The minimum absolute atomic E-state index is 0.190. The predicted octanol–water partition coefficient (Wildman–Crippen LogP) is 3.80. The zero-order valence-corrected chi connectivity index (χ0v) is 12.4. The summed E-state index contributed by atoms with van der Waals surface area (Å²) in [6, 6.07) is 16.6. The fraction of sp³-hybridized carbons (Fsp3) is 0.278. The molecule has 0 spiro atoms. The van der Waals surface area contributed by atoms with Gasteiger partial charge < -0.3 is 10.1 Å². The van der Waals surface area contributed by atoms with Crippen molar-refractivity contribution < 1.29 is 9.13 Å². The quantitative estimate of drug-likeness (QED) is 0.754. The van der Waals surface area contributed by atoms with Gasteiger partial charge in [-0.3, -0.25) is 0 Å². The number of unbranched alkanes of at least 4 members (excludes halogenated alkanes) is 1. The smallest absolute Gasteiger partial charge is 0.127 e. The molecule has 0 atom stereocenters. The lowest BCUT2D eigenvalue weighted by Crippen LogP contribution is -2.13. The molecule has 0 bridgehead atoms. The number of nitrogens with zero attached hydrogens (tertiary/aromatic N) is 1. The molecule has 0 heterocycles. The summed E-state index contributed by atoms with van der Waals surface area (Å²) in [6.07, 6.45) is 1.23. The molecule has 0 amide bonds. The maximum atomic E-state index is 13.5. The van der Waals surface area contributed by atoms with Crippen molar-refractivity contribution in [1.29, 1.82) is 5.26 Å². The largest absolute Gasteiger partial charge is 0.494 e. The monoisotopic (exact) mass is 298 g/mol. The van der Waals surface area contributed by atoms with E-state index in [0.29, 0.717) is 31.7 Å². The van der Waals surface area contributed by atoms with Crippen LogP contribution < -0.4 is 10.1 Å². The molecule has 2 rings (SSSR count). The third kappa shape index (κ3) is 5.19. The van der Waals surface area contributed by atoms with E-state index in [-0.39, 0.29) is 5.82 Å². The maximum absolute atomic E-state index is 13.5. The molecule has 0 aliphatic carbocycles. The minimum atomic E-state index is -0.190. The van der Waals surface area contributed by atoms with Crippen molar-refractivity contribution in [2.45, 2.75) is 25.9 Å². The average molecular weight is 298 g/mol. The highest BCUT2D eigenvalue weighted by Gasteiger charge is 2.01. The summed E-state index contributed by atoms with van der Waals surface area (Å²) in [5, 5.41) is 11.7. The van der Waals surface area contributed by atoms with Crippen LogP contribution in [0.2, 0.25) is 0 Å². The Kier molecular flexibility index (Phi) is 6.40. The molecule has 0 saturated carbocycles. The predicted molar refractivity (Wildman–Crippen MR) is 83.7 cm³/mol. The third-order valence-corrected chi connectivity index (χ3v) is 3.20. The summed E-state index contributed by atoms with van der Waals surface area (Å²) in [7, 11) is 0. The van der Waals surface area contributed by atoms with E-state index in [4.69, 9.17) is 10.00 Å². The van der Waals surface area contributed by atoms with Crippen molar-refractivity contribution in [3.05, 3.63) is 65.5 Å². The molecule has 0 aromatic heterocycles. The molecule has 1 N–H and O–H groups in total. The van der Waals surface area contributed by atoms with Gasteiger partial charge in [0.05, 0.1) is 12.7 Å². The summed E-state index contributed by atoms with van der Waals surface area (Å²) in [4.78, 5) is 0. The highest BCUT2D eigenvalue weighted by atomic mass is 19.1. The van der Waals surface area contributed by atoms with Gasteiger partial charge in [0.1, 0.15) is 11.6 Å². The number of halogens is 1. The summed E-state index contributed by atoms with van der Waals surface area (Å²) >= 11 is 0. The summed E-state index contributed by atoms with van der Waals surface area (Å²) in [5.41, 5.74) is 1.74. The molecule has 0 aliphatic heterocycles. The number of benzene rings is 2. The summed E-state index contributed by atoms with van der Waals surface area (Å²) < 4.78 is 19.1. The Morgan fingerprint density at radius 3 is 2.77 bits per heavy atom. The van der Waals surface area contributed by atoms with E-state index in [1.807, 2.05) is 30.3 Å². The van der Waals surface area contributed by atoms with E-state index >= 15 is 0 Å². The Hall–Kier alpha value is -2.38. The number of hydrogen-bond acceptors (Lipinski definition) is 3. The van der Waals surface area contributed by atoms with Gasteiger partial charge in [-0.1, -0.05) is 30.3 Å². The summed E-state index contributed by atoms with van der Waals surface area (Å²) in [5.74, 6) is 0.604. The molecule has 2 aromatic carbocycles. The highest BCUT2D eigenvalue weighted by Crippen LogP contribution is 2.14. The standard InChI is InChI=1S/C18H19FN2O/c19-18-9-2-1-7-16(18)14-21-13-15-6-5-8-17(12-15)22-11-4-3-10-20/h1-2,5-9,12,21H,3-4,11,13-14H2. The Morgan fingerprint density at radius 1 is 1.09 bits per heavy atom. The summed E-state index contributed by atoms with van der Waals surface area (Å²) in [6.45, 7) is 1.67. The Bertz CT molecular complexity index is 637. The molecule has 0 saturated heterocycles. The second kappa shape index (κ2) is 8.81. The molecular formula is C18H19FN2O. The lowest BCUT2D eigenvalue weighted by Gasteiger charge is -2.09. The molecule has 2 aromatic rings. The van der Waals surface area contributed by atoms with E-state index in [1.165, 1.54) is 6.07 Å². The first-order chi connectivity index (χ1) is 10.8. The van der Waals surface area contributed by atoms with E-state index in [1.54, 1.807) is 12.1 Å². The molecule has 0 radical (unpaired) electrons. The molecule has 22 heavy (non-hydrogen) atoms. The van der Waals surface area contributed by atoms with Crippen LogP contribution in [0, 0.1) is 17.1 Å². The van der Waals surface area contributed by atoms with Crippen LogP contribution in [0.1, 0.15) is 24.0 Å². The first-order valence-electron chi connectivity index (χ1n) is 7.32. The Balaban J connectivity index is 1.80. The average Bonchev–Trinajstić information content (AvgIpc) is 2.54. The number of nitrogens with one attached hydrogen (secondary N) is 1. The van der Waals surface area contributed by atoms with Gasteiger partial charge in [0.2, 0.25) is 0 Å². The molecule has 0 unspecified atom stereocenters. The van der Waals surface area contributed by atoms with Crippen molar-refractivity contribution in [2.24, 2.45) is 0 Å². The van der Waals surface area contributed by atoms with Crippen LogP contribution in [0.4, 0.5) is 4.39 Å². The van der Waals surface area contributed by atoms with Crippen LogP contribution in [0.3, 0.4) is 0 Å². The fourth-order valence-corrected chi connectivity index (χ4v) is 2.07. The van der Waals surface area contributed by atoms with Gasteiger partial charge in [-0.25, -0.2) is 4.39 Å². The van der Waals surface area contributed by atoms with E-state index < -0.39 is 0 Å². The normalized spacial score (nSPS) is 10.2. The molecule has 3 nitrogen and oxygen atoms in total. The van der Waals surface area contributed by atoms with Crippen molar-refractivity contribution in [1.82, 2.24) is 5.32 Å². The van der Waals surface area contributed by atoms with Gasteiger partial charge in [-0.05, 0) is 30.2 Å². The van der Waals surface area contributed by atoms with Crippen LogP contribution in [0.25, 0.3) is 0 Å². The lowest BCUT2D eigenvalue weighted by molar-refractivity contribution is 0.312. The van der Waals surface area contributed by atoms with Gasteiger partial charge in [-0.2, -0.15) is 5.26 Å². The van der Waals surface area contributed by atoms with Crippen LogP contribution in [-0.2, 0) is 13.1 Å². The third-order valence-electron chi connectivity index (χ3n) is 3.20. The van der Waals surface area contributed by atoms with Crippen molar-refractivity contribution in [2.75, 3.05) is 6.61 Å². The van der Waals surface area contributed by atoms with Gasteiger partial charge in [0.15, 0.2) is 0 Å². The Labute approximate surface area is 130 Å². The topological polar surface area (TPSA) is 45.0 Å². The van der Waals surface area contributed by atoms with Gasteiger partial charge in [0.25, 0.3) is 0 Å².